The topological polar surface area (TPSA) is 46.3 Å². The summed E-state index contributed by atoms with van der Waals surface area (Å²) in [6.07, 6.45) is 4.28. The van der Waals surface area contributed by atoms with E-state index in [0.717, 1.165) is 43.4 Å². The van der Waals surface area contributed by atoms with Crippen molar-refractivity contribution in [2.24, 2.45) is 5.73 Å². The molecule has 1 aliphatic rings. The van der Waals surface area contributed by atoms with Gasteiger partial charge in [-0.2, -0.15) is 0 Å². The Kier molecular flexibility index (Phi) is 4.37. The molecule has 2 N–H and O–H groups in total. The summed E-state index contributed by atoms with van der Waals surface area (Å²) in [5, 5.41) is 0. The van der Waals surface area contributed by atoms with Gasteiger partial charge in [0.1, 0.15) is 0 Å². The third kappa shape index (κ3) is 2.72. The van der Waals surface area contributed by atoms with Crippen molar-refractivity contribution in [2.45, 2.75) is 38.6 Å². The summed E-state index contributed by atoms with van der Waals surface area (Å²) in [5.74, 6) is 0.188. The highest BCUT2D eigenvalue weighted by atomic mass is 16.2. The normalized spacial score (nSPS) is 19.2. The van der Waals surface area contributed by atoms with E-state index in [1.54, 1.807) is 0 Å². The molecule has 1 saturated heterocycles. The minimum atomic E-state index is 0.188. The van der Waals surface area contributed by atoms with Crippen LogP contribution < -0.4 is 5.73 Å². The highest BCUT2D eigenvalue weighted by Crippen LogP contribution is 2.24. The van der Waals surface area contributed by atoms with Crippen LogP contribution in [-0.4, -0.2) is 29.9 Å². The molecule has 3 heteroatoms. The highest BCUT2D eigenvalue weighted by Gasteiger charge is 2.29. The molecule has 0 aliphatic carbocycles. The van der Waals surface area contributed by atoms with E-state index in [1.807, 2.05) is 36.1 Å². The summed E-state index contributed by atoms with van der Waals surface area (Å²) in [6.45, 7) is 3.60. The lowest BCUT2D eigenvalue weighted by atomic mass is 10.1. The Morgan fingerprint density at radius 2 is 2.22 bits per heavy atom. The number of hydrogen-bond donors (Lipinski definition) is 1. The fraction of sp³-hybridized carbons (Fsp3) is 0.533. The number of carbonyl (C=O) groups excluding carboxylic acids is 1. The number of nitrogens with two attached hydrogens (primary N) is 1. The van der Waals surface area contributed by atoms with Gasteiger partial charge in [-0.05, 0) is 50.8 Å². The second kappa shape index (κ2) is 6.01. The Balaban J connectivity index is 2.10. The number of amides is 1. The van der Waals surface area contributed by atoms with Crippen LogP contribution in [0.1, 0.15) is 41.6 Å². The minimum Gasteiger partial charge on any atom is -0.336 e. The monoisotopic (exact) mass is 246 g/mol. The summed E-state index contributed by atoms with van der Waals surface area (Å²) in [7, 11) is 0. The first-order valence-corrected chi connectivity index (χ1v) is 6.80. The van der Waals surface area contributed by atoms with Crippen molar-refractivity contribution in [2.75, 3.05) is 13.1 Å². The third-order valence-electron chi connectivity index (χ3n) is 3.75. The average Bonchev–Trinajstić information content (AvgIpc) is 2.84. The van der Waals surface area contributed by atoms with Crippen LogP contribution in [0.15, 0.2) is 24.3 Å². The predicted octanol–water partition coefficient (Wildman–Crippen LogP) is 2.34. The second-order valence-electron chi connectivity index (χ2n) is 5.04. The van der Waals surface area contributed by atoms with Gasteiger partial charge in [-0.25, -0.2) is 0 Å². The molecule has 0 bridgehead atoms. The molecule has 1 aliphatic heterocycles. The lowest BCUT2D eigenvalue weighted by Gasteiger charge is -2.25. The first-order chi connectivity index (χ1) is 8.74. The zero-order valence-electron chi connectivity index (χ0n) is 11.1. The maximum absolute atomic E-state index is 12.5. The quantitative estimate of drug-likeness (QED) is 0.886. The summed E-state index contributed by atoms with van der Waals surface area (Å²) in [5.41, 5.74) is 7.47. The molecule has 1 aromatic carbocycles. The maximum Gasteiger partial charge on any atom is 0.254 e. The van der Waals surface area contributed by atoms with Crippen LogP contribution in [0.2, 0.25) is 0 Å². The molecule has 0 aromatic heterocycles. The number of hydrogen-bond acceptors (Lipinski definition) is 2. The number of benzene rings is 1. The van der Waals surface area contributed by atoms with E-state index in [1.165, 1.54) is 0 Å². The number of nitrogens with zero attached hydrogens (tertiary/aromatic N) is 1. The lowest BCUT2D eigenvalue weighted by molar-refractivity contribution is 0.0729. The van der Waals surface area contributed by atoms with Gasteiger partial charge in [0.15, 0.2) is 0 Å². The van der Waals surface area contributed by atoms with Gasteiger partial charge in [-0.15, -0.1) is 0 Å². The van der Waals surface area contributed by atoms with Crippen molar-refractivity contribution >= 4 is 5.91 Å². The molecule has 0 radical (unpaired) electrons. The van der Waals surface area contributed by atoms with Gasteiger partial charge in [-0.3, -0.25) is 4.79 Å². The van der Waals surface area contributed by atoms with Crippen LogP contribution in [-0.2, 0) is 0 Å². The minimum absolute atomic E-state index is 0.188. The Morgan fingerprint density at radius 1 is 1.44 bits per heavy atom. The van der Waals surface area contributed by atoms with Gasteiger partial charge in [0.05, 0.1) is 0 Å². The van der Waals surface area contributed by atoms with Crippen LogP contribution in [0, 0.1) is 6.92 Å². The van der Waals surface area contributed by atoms with Crippen LogP contribution >= 0.6 is 0 Å². The molecule has 3 nitrogen and oxygen atoms in total. The fourth-order valence-electron chi connectivity index (χ4n) is 2.72. The van der Waals surface area contributed by atoms with Crippen molar-refractivity contribution in [3.05, 3.63) is 35.4 Å². The van der Waals surface area contributed by atoms with Crippen LogP contribution in [0.4, 0.5) is 0 Å². The predicted molar refractivity (Wildman–Crippen MR) is 73.5 cm³/mol. The van der Waals surface area contributed by atoms with E-state index >= 15 is 0 Å². The lowest BCUT2D eigenvalue weighted by Crippen LogP contribution is -2.36. The van der Waals surface area contributed by atoms with Crippen molar-refractivity contribution in [3.63, 3.8) is 0 Å². The third-order valence-corrected chi connectivity index (χ3v) is 3.75. The van der Waals surface area contributed by atoms with Gasteiger partial charge in [0.25, 0.3) is 5.91 Å². The van der Waals surface area contributed by atoms with E-state index in [0.29, 0.717) is 12.6 Å². The van der Waals surface area contributed by atoms with Crippen LogP contribution in [0.5, 0.6) is 0 Å². The van der Waals surface area contributed by atoms with Gasteiger partial charge < -0.3 is 10.6 Å². The summed E-state index contributed by atoms with van der Waals surface area (Å²) < 4.78 is 0. The summed E-state index contributed by atoms with van der Waals surface area (Å²) in [4.78, 5) is 14.6. The van der Waals surface area contributed by atoms with Crippen LogP contribution in [0.3, 0.4) is 0 Å². The SMILES string of the molecule is Cc1ccccc1C(=O)N1CCCC1CCCN. The fourth-order valence-corrected chi connectivity index (χ4v) is 2.72. The first-order valence-electron chi connectivity index (χ1n) is 6.80. The van der Waals surface area contributed by atoms with Crippen LogP contribution in [0.25, 0.3) is 0 Å². The molecule has 1 aromatic rings. The number of aryl methyl sites for hydroxylation is 1. The zero-order valence-corrected chi connectivity index (χ0v) is 11.1. The van der Waals surface area contributed by atoms with E-state index in [-0.39, 0.29) is 5.91 Å². The van der Waals surface area contributed by atoms with E-state index < -0.39 is 0 Å². The molecule has 1 amide bonds. The van der Waals surface area contributed by atoms with E-state index in [2.05, 4.69) is 0 Å². The molecule has 1 atom stereocenters. The molecule has 2 rings (SSSR count). The Bertz CT molecular complexity index is 417. The van der Waals surface area contributed by atoms with E-state index in [9.17, 15) is 4.79 Å². The van der Waals surface area contributed by atoms with Gasteiger partial charge in [0, 0.05) is 18.2 Å². The molecular formula is C15H22N2O. The van der Waals surface area contributed by atoms with Gasteiger partial charge in [0.2, 0.25) is 0 Å². The average molecular weight is 246 g/mol. The Hall–Kier alpha value is -1.35. The number of rotatable bonds is 4. The highest BCUT2D eigenvalue weighted by molar-refractivity contribution is 5.96. The molecule has 98 valence electrons. The van der Waals surface area contributed by atoms with Gasteiger partial charge in [-0.1, -0.05) is 18.2 Å². The molecule has 1 unspecified atom stereocenters. The molecule has 18 heavy (non-hydrogen) atoms. The molecule has 0 spiro atoms. The standard InChI is InChI=1S/C15H22N2O/c1-12-6-2-3-9-14(12)15(18)17-11-5-8-13(17)7-4-10-16/h2-3,6,9,13H,4-5,7-8,10-11,16H2,1H3. The molecule has 1 fully saturated rings. The molecular weight excluding hydrogens is 224 g/mol. The van der Waals surface area contributed by atoms with Crippen molar-refractivity contribution in [1.29, 1.82) is 0 Å². The first kappa shape index (κ1) is 13.1. The Morgan fingerprint density at radius 3 is 2.94 bits per heavy atom. The van der Waals surface area contributed by atoms with Crippen molar-refractivity contribution in [1.82, 2.24) is 4.90 Å². The molecule has 1 heterocycles. The smallest absolute Gasteiger partial charge is 0.254 e. The zero-order chi connectivity index (χ0) is 13.0. The second-order valence-corrected chi connectivity index (χ2v) is 5.04. The van der Waals surface area contributed by atoms with E-state index in [4.69, 9.17) is 5.73 Å². The van der Waals surface area contributed by atoms with Gasteiger partial charge >= 0.3 is 0 Å². The van der Waals surface area contributed by atoms with Crippen molar-refractivity contribution < 1.29 is 4.79 Å². The largest absolute Gasteiger partial charge is 0.336 e. The number of likely N-dealkylation sites (tertiary alicyclic amines) is 1. The Labute approximate surface area is 109 Å². The molecule has 0 saturated carbocycles. The van der Waals surface area contributed by atoms with Crippen molar-refractivity contribution in [3.8, 4) is 0 Å². The summed E-state index contributed by atoms with van der Waals surface area (Å²) >= 11 is 0. The number of carbonyl (C=O) groups is 1. The maximum atomic E-state index is 12.5. The summed E-state index contributed by atoms with van der Waals surface area (Å²) in [6, 6.07) is 8.22.